The van der Waals surface area contributed by atoms with E-state index in [9.17, 15) is 14.4 Å². The number of rotatable bonds is 4. The molecule has 1 unspecified atom stereocenters. The van der Waals surface area contributed by atoms with Crippen LogP contribution in [0.5, 0.6) is 0 Å². The smallest absolute Gasteiger partial charge is 0.328 e. The van der Waals surface area contributed by atoms with Crippen molar-refractivity contribution in [1.29, 1.82) is 0 Å². The van der Waals surface area contributed by atoms with Crippen molar-refractivity contribution in [3.05, 3.63) is 6.92 Å². The van der Waals surface area contributed by atoms with Gasteiger partial charge in [0.05, 0.1) is 20.6 Å². The van der Waals surface area contributed by atoms with Crippen LogP contribution in [0.15, 0.2) is 0 Å². The van der Waals surface area contributed by atoms with E-state index < -0.39 is 23.8 Å². The lowest BCUT2D eigenvalue weighted by Crippen LogP contribution is -2.44. The van der Waals surface area contributed by atoms with Crippen molar-refractivity contribution in [2.75, 3.05) is 13.7 Å². The van der Waals surface area contributed by atoms with Crippen molar-refractivity contribution >= 4 is 17.8 Å². The number of carbonyl (C=O) groups excluding carboxylic acids is 3. The molecule has 6 nitrogen and oxygen atoms in total. The number of nitrogens with one attached hydrogen (secondary N) is 2. The van der Waals surface area contributed by atoms with E-state index in [0.717, 1.165) is 0 Å². The maximum absolute atomic E-state index is 11.0. The second-order valence-corrected chi connectivity index (χ2v) is 2.53. The third-order valence-electron chi connectivity index (χ3n) is 1.36. The highest BCUT2D eigenvalue weighted by Gasteiger charge is 2.15. The number of amides is 2. The Hall–Kier alpha value is -1.59. The Kier molecular flexibility index (Phi) is 5.28. The molecule has 0 aliphatic carbocycles. The Morgan fingerprint density at radius 1 is 1.43 bits per heavy atom. The summed E-state index contributed by atoms with van der Waals surface area (Å²) >= 11 is 0. The normalized spacial score (nSPS) is 11.4. The Morgan fingerprint density at radius 2 is 2.00 bits per heavy atom. The van der Waals surface area contributed by atoms with E-state index in [1.54, 1.807) is 0 Å². The Labute approximate surface area is 82.0 Å². The van der Waals surface area contributed by atoms with Gasteiger partial charge in [-0.1, -0.05) is 0 Å². The summed E-state index contributed by atoms with van der Waals surface area (Å²) in [5.74, 6) is -1.87. The fourth-order valence-corrected chi connectivity index (χ4v) is 0.696. The largest absolute Gasteiger partial charge is 0.467 e. The van der Waals surface area contributed by atoms with Gasteiger partial charge >= 0.3 is 5.97 Å². The van der Waals surface area contributed by atoms with E-state index in [1.807, 2.05) is 0 Å². The molecule has 0 saturated carbocycles. The Morgan fingerprint density at radius 3 is 2.43 bits per heavy atom. The van der Waals surface area contributed by atoms with Gasteiger partial charge in [-0.3, -0.25) is 9.59 Å². The lowest BCUT2D eigenvalue weighted by atomic mass is 10.3. The van der Waals surface area contributed by atoms with Gasteiger partial charge in [0.15, 0.2) is 0 Å². The first-order valence-corrected chi connectivity index (χ1v) is 3.88. The minimum absolute atomic E-state index is 0.267. The fourth-order valence-electron chi connectivity index (χ4n) is 0.696. The molecule has 0 aliphatic heterocycles. The topological polar surface area (TPSA) is 84.5 Å². The highest BCUT2D eigenvalue weighted by atomic mass is 16.5. The molecular formula is C8H12N2O4. The second-order valence-electron chi connectivity index (χ2n) is 2.53. The molecule has 0 aromatic carbocycles. The lowest BCUT2D eigenvalue weighted by Gasteiger charge is -2.11. The number of carbonyl (C=O) groups is 3. The van der Waals surface area contributed by atoms with Crippen molar-refractivity contribution < 1.29 is 19.1 Å². The van der Waals surface area contributed by atoms with Gasteiger partial charge in [0.25, 0.3) is 0 Å². The molecule has 1 atom stereocenters. The van der Waals surface area contributed by atoms with Gasteiger partial charge in [-0.2, -0.15) is 0 Å². The lowest BCUT2D eigenvalue weighted by molar-refractivity contribution is -0.144. The summed E-state index contributed by atoms with van der Waals surface area (Å²) < 4.78 is 4.37. The predicted octanol–water partition coefficient (Wildman–Crippen LogP) is -1.51. The Balaban J connectivity index is 3.82. The van der Waals surface area contributed by atoms with Crippen LogP contribution in [0.3, 0.4) is 0 Å². The first-order chi connectivity index (χ1) is 6.47. The molecule has 0 aromatic rings. The van der Waals surface area contributed by atoms with Crippen LogP contribution in [0.25, 0.3) is 0 Å². The number of hydrogen-bond donors (Lipinski definition) is 2. The van der Waals surface area contributed by atoms with E-state index >= 15 is 0 Å². The van der Waals surface area contributed by atoms with Crippen molar-refractivity contribution in [3.8, 4) is 0 Å². The molecule has 0 aromatic heterocycles. The minimum atomic E-state index is -0.800. The zero-order chi connectivity index (χ0) is 11.1. The molecule has 2 amide bonds. The van der Waals surface area contributed by atoms with Gasteiger partial charge in [0.1, 0.15) is 6.04 Å². The van der Waals surface area contributed by atoms with E-state index in [-0.39, 0.29) is 6.54 Å². The van der Waals surface area contributed by atoms with Gasteiger partial charge in [0.2, 0.25) is 11.8 Å². The molecule has 6 heteroatoms. The number of esters is 1. The van der Waals surface area contributed by atoms with Crippen molar-refractivity contribution in [3.63, 3.8) is 0 Å². The van der Waals surface area contributed by atoms with Crippen LogP contribution < -0.4 is 10.6 Å². The van der Waals surface area contributed by atoms with Gasteiger partial charge in [-0.25, -0.2) is 4.79 Å². The first-order valence-electron chi connectivity index (χ1n) is 3.88. The molecule has 2 N–H and O–H groups in total. The average molecular weight is 200 g/mol. The third-order valence-corrected chi connectivity index (χ3v) is 1.36. The summed E-state index contributed by atoms with van der Waals surface area (Å²) in [6, 6.07) is -0.748. The molecular weight excluding hydrogens is 188 g/mol. The van der Waals surface area contributed by atoms with E-state index in [4.69, 9.17) is 6.92 Å². The summed E-state index contributed by atoms with van der Waals surface area (Å²) in [6.07, 6.45) is 0. The van der Waals surface area contributed by atoms with E-state index in [2.05, 4.69) is 15.4 Å². The average Bonchev–Trinajstić information content (AvgIpc) is 2.13. The van der Waals surface area contributed by atoms with Gasteiger partial charge in [-0.15, -0.1) is 0 Å². The highest BCUT2D eigenvalue weighted by Crippen LogP contribution is 1.84. The standard InChI is InChI=1S/C8H12N2O4/c1-5(8(13)14-3)10-7(12)4-9-6(2)11/h2,5H,4H2,1,3H3,(H,9,11)(H,10,12). The zero-order valence-electron chi connectivity index (χ0n) is 7.99. The number of hydrogen-bond acceptors (Lipinski definition) is 4. The summed E-state index contributed by atoms with van der Waals surface area (Å²) in [7, 11) is 1.21. The van der Waals surface area contributed by atoms with Crippen molar-refractivity contribution in [2.24, 2.45) is 0 Å². The summed E-state index contributed by atoms with van der Waals surface area (Å²) in [5, 5.41) is 4.38. The summed E-state index contributed by atoms with van der Waals surface area (Å²) in [5.41, 5.74) is 0. The first kappa shape index (κ1) is 12.4. The second kappa shape index (κ2) is 5.95. The zero-order valence-corrected chi connectivity index (χ0v) is 7.99. The SMILES string of the molecule is [CH]C(=O)NCC(=O)NC(C)C(=O)OC. The molecule has 0 fully saturated rings. The van der Waals surface area contributed by atoms with E-state index in [0.29, 0.717) is 0 Å². The van der Waals surface area contributed by atoms with Gasteiger partial charge in [-0.05, 0) is 6.92 Å². The summed E-state index contributed by atoms with van der Waals surface area (Å²) in [4.78, 5) is 32.0. The summed E-state index contributed by atoms with van der Waals surface area (Å²) in [6.45, 7) is 5.93. The quantitative estimate of drug-likeness (QED) is 0.540. The van der Waals surface area contributed by atoms with E-state index in [1.165, 1.54) is 14.0 Å². The minimum Gasteiger partial charge on any atom is -0.467 e. The molecule has 0 saturated heterocycles. The number of ether oxygens (including phenoxy) is 1. The molecule has 0 spiro atoms. The highest BCUT2D eigenvalue weighted by molar-refractivity contribution is 5.89. The Bertz CT molecular complexity index is 239. The number of methoxy groups -OCH3 is 1. The molecule has 0 rings (SSSR count). The molecule has 0 aliphatic rings. The van der Waals surface area contributed by atoms with Gasteiger partial charge in [0, 0.05) is 0 Å². The van der Waals surface area contributed by atoms with Gasteiger partial charge < -0.3 is 15.4 Å². The predicted molar refractivity (Wildman–Crippen MR) is 46.9 cm³/mol. The van der Waals surface area contributed by atoms with Crippen LogP contribution in [0.1, 0.15) is 6.92 Å². The van der Waals surface area contributed by atoms with Crippen LogP contribution >= 0.6 is 0 Å². The van der Waals surface area contributed by atoms with Crippen molar-refractivity contribution in [1.82, 2.24) is 10.6 Å². The molecule has 14 heavy (non-hydrogen) atoms. The van der Waals surface area contributed by atoms with Crippen LogP contribution in [0.2, 0.25) is 0 Å². The van der Waals surface area contributed by atoms with Crippen LogP contribution in [-0.2, 0) is 19.1 Å². The molecule has 2 radical (unpaired) electrons. The maximum Gasteiger partial charge on any atom is 0.328 e. The molecule has 0 heterocycles. The maximum atomic E-state index is 11.0. The van der Waals surface area contributed by atoms with Crippen molar-refractivity contribution in [2.45, 2.75) is 13.0 Å². The van der Waals surface area contributed by atoms with Crippen LogP contribution in [-0.4, -0.2) is 37.5 Å². The monoisotopic (exact) mass is 200 g/mol. The molecule has 78 valence electrons. The van der Waals surface area contributed by atoms with Crippen LogP contribution in [0, 0.1) is 6.92 Å². The third kappa shape index (κ3) is 5.13. The van der Waals surface area contributed by atoms with Crippen LogP contribution in [0.4, 0.5) is 0 Å². The molecule has 0 bridgehead atoms. The fraction of sp³-hybridized carbons (Fsp3) is 0.500.